The minimum Gasteiger partial charge on any atom is -0.504 e. The number of pyridine rings is 1. The summed E-state index contributed by atoms with van der Waals surface area (Å²) in [5, 5.41) is 18.5. The van der Waals surface area contributed by atoms with Gasteiger partial charge in [0.25, 0.3) is 0 Å². The lowest BCUT2D eigenvalue weighted by atomic mass is 10.3. The fourth-order valence-electron chi connectivity index (χ4n) is 2.44. The Hall–Kier alpha value is -3.42. The average molecular weight is 353 g/mol. The molecule has 0 saturated carbocycles. The third-order valence-corrected chi connectivity index (χ3v) is 3.84. The van der Waals surface area contributed by atoms with Gasteiger partial charge in [0, 0.05) is 26.0 Å². The first-order valence-corrected chi connectivity index (χ1v) is 7.94. The number of hydrogen-bond donors (Lipinski definition) is 1. The zero-order chi connectivity index (χ0) is 18.7. The lowest BCUT2D eigenvalue weighted by Crippen LogP contribution is -2.07. The summed E-state index contributed by atoms with van der Waals surface area (Å²) in [4.78, 5) is 17.9. The van der Waals surface area contributed by atoms with Crippen molar-refractivity contribution in [3.8, 4) is 5.75 Å². The molecule has 2 aromatic heterocycles. The van der Waals surface area contributed by atoms with Crippen LogP contribution >= 0.6 is 0 Å². The van der Waals surface area contributed by atoms with Crippen LogP contribution in [0, 0.1) is 0 Å². The summed E-state index contributed by atoms with van der Waals surface area (Å²) in [7, 11) is 5.23. The molecule has 0 fully saturated rings. The minimum absolute atomic E-state index is 0.00426. The van der Waals surface area contributed by atoms with Gasteiger partial charge in [-0.3, -0.25) is 9.20 Å². The van der Waals surface area contributed by atoms with Crippen LogP contribution in [0.5, 0.6) is 5.75 Å². The molecule has 8 nitrogen and oxygen atoms in total. The molecule has 3 rings (SSSR count). The summed E-state index contributed by atoms with van der Waals surface area (Å²) in [6.45, 7) is 0. The lowest BCUT2D eigenvalue weighted by molar-refractivity contribution is -0.139. The van der Waals surface area contributed by atoms with Crippen LogP contribution in [-0.2, 0) is 16.0 Å². The number of aromatic nitrogens is 2. The summed E-state index contributed by atoms with van der Waals surface area (Å²) in [6, 6.07) is 10.7. The van der Waals surface area contributed by atoms with Crippen LogP contribution in [0.4, 0.5) is 17.2 Å². The Morgan fingerprint density at radius 2 is 1.96 bits per heavy atom. The van der Waals surface area contributed by atoms with Gasteiger partial charge in [0.15, 0.2) is 17.2 Å². The molecule has 0 spiro atoms. The van der Waals surface area contributed by atoms with E-state index in [1.54, 1.807) is 16.7 Å². The average Bonchev–Trinajstić information content (AvgIpc) is 2.98. The SMILES string of the molecule is COC(=O)Cc1nc2c(O)cccn2c1N=Nc1ccc(N(C)C)cc1. The Balaban J connectivity index is 2.00. The van der Waals surface area contributed by atoms with Gasteiger partial charge in [0.1, 0.15) is 0 Å². The number of methoxy groups -OCH3 is 1. The number of nitrogens with zero attached hydrogens (tertiary/aromatic N) is 5. The molecule has 0 aliphatic rings. The second kappa shape index (κ2) is 7.22. The predicted octanol–water partition coefficient (Wildman–Crippen LogP) is 3.24. The highest BCUT2D eigenvalue weighted by molar-refractivity contribution is 5.75. The van der Waals surface area contributed by atoms with Crippen molar-refractivity contribution in [2.45, 2.75) is 6.42 Å². The van der Waals surface area contributed by atoms with Crippen LogP contribution in [0.1, 0.15) is 5.69 Å². The standard InChI is InChI=1S/C18H19N5O3/c1-22(2)13-8-6-12(7-9-13)20-21-17-14(11-16(25)26-3)19-18-15(24)5-4-10-23(17)18/h4-10,24H,11H2,1-3H3. The Kier molecular flexibility index (Phi) is 4.83. The molecular formula is C18H19N5O3. The van der Waals surface area contributed by atoms with Crippen molar-refractivity contribution < 1.29 is 14.6 Å². The maximum atomic E-state index is 11.7. The van der Waals surface area contributed by atoms with Gasteiger partial charge in [-0.25, -0.2) is 4.98 Å². The Labute approximate surface area is 150 Å². The van der Waals surface area contributed by atoms with Crippen molar-refractivity contribution in [2.24, 2.45) is 10.2 Å². The quantitative estimate of drug-likeness (QED) is 0.561. The highest BCUT2D eigenvalue weighted by atomic mass is 16.5. The fraction of sp³-hybridized carbons (Fsp3) is 0.222. The molecule has 8 heteroatoms. The zero-order valence-corrected chi connectivity index (χ0v) is 14.7. The van der Waals surface area contributed by atoms with Crippen molar-refractivity contribution in [1.29, 1.82) is 0 Å². The summed E-state index contributed by atoms with van der Waals surface area (Å²) < 4.78 is 6.29. The summed E-state index contributed by atoms with van der Waals surface area (Å²) in [5.41, 5.74) is 2.40. The molecule has 1 N–H and O–H groups in total. The number of anilines is 1. The number of carbonyl (C=O) groups is 1. The first-order chi connectivity index (χ1) is 12.5. The fourth-order valence-corrected chi connectivity index (χ4v) is 2.44. The number of ether oxygens (including phenoxy) is 1. The van der Waals surface area contributed by atoms with Crippen molar-refractivity contribution in [3.63, 3.8) is 0 Å². The molecule has 0 unspecified atom stereocenters. The maximum absolute atomic E-state index is 11.7. The topological polar surface area (TPSA) is 91.8 Å². The van der Waals surface area contributed by atoms with Crippen LogP contribution in [0.2, 0.25) is 0 Å². The summed E-state index contributed by atoms with van der Waals surface area (Å²) in [5.74, 6) is -0.0759. The van der Waals surface area contributed by atoms with Gasteiger partial charge >= 0.3 is 5.97 Å². The third kappa shape index (κ3) is 3.49. The van der Waals surface area contributed by atoms with E-state index in [-0.39, 0.29) is 12.2 Å². The molecule has 0 saturated heterocycles. The van der Waals surface area contributed by atoms with Gasteiger partial charge in [-0.2, -0.15) is 0 Å². The Bertz CT molecular complexity index is 961. The van der Waals surface area contributed by atoms with Crippen molar-refractivity contribution in [1.82, 2.24) is 9.38 Å². The maximum Gasteiger partial charge on any atom is 0.311 e. The van der Waals surface area contributed by atoms with E-state index in [0.29, 0.717) is 22.8 Å². The number of aromatic hydroxyl groups is 1. The van der Waals surface area contributed by atoms with Crippen molar-refractivity contribution in [3.05, 3.63) is 48.3 Å². The summed E-state index contributed by atoms with van der Waals surface area (Å²) in [6.07, 6.45) is 1.64. The van der Waals surface area contributed by atoms with Crippen molar-refractivity contribution in [2.75, 3.05) is 26.1 Å². The second-order valence-electron chi connectivity index (χ2n) is 5.83. The Morgan fingerprint density at radius 3 is 2.62 bits per heavy atom. The van der Waals surface area contributed by atoms with Gasteiger partial charge in [-0.15, -0.1) is 10.2 Å². The van der Waals surface area contributed by atoms with Crippen LogP contribution in [0.15, 0.2) is 52.8 Å². The number of esters is 1. The predicted molar refractivity (Wildman–Crippen MR) is 97.5 cm³/mol. The lowest BCUT2D eigenvalue weighted by Gasteiger charge is -2.11. The third-order valence-electron chi connectivity index (χ3n) is 3.84. The molecule has 2 heterocycles. The number of benzene rings is 1. The number of imidazole rings is 1. The van der Waals surface area contributed by atoms with E-state index in [4.69, 9.17) is 4.74 Å². The van der Waals surface area contributed by atoms with Gasteiger partial charge < -0.3 is 14.7 Å². The molecule has 0 bridgehead atoms. The number of azo groups is 1. The number of carbonyl (C=O) groups excluding carboxylic acids is 1. The van der Waals surface area contributed by atoms with Gasteiger partial charge in [-0.1, -0.05) is 0 Å². The molecule has 0 atom stereocenters. The molecule has 1 aromatic carbocycles. The molecule has 0 radical (unpaired) electrons. The highest BCUT2D eigenvalue weighted by Crippen LogP contribution is 2.29. The van der Waals surface area contributed by atoms with E-state index in [9.17, 15) is 9.90 Å². The van der Waals surface area contributed by atoms with Crippen LogP contribution in [-0.4, -0.2) is 41.7 Å². The van der Waals surface area contributed by atoms with Crippen LogP contribution in [0.25, 0.3) is 5.65 Å². The molecule has 3 aromatic rings. The van der Waals surface area contributed by atoms with Gasteiger partial charge in [-0.05, 0) is 36.4 Å². The zero-order valence-electron chi connectivity index (χ0n) is 14.7. The van der Waals surface area contributed by atoms with E-state index in [2.05, 4.69) is 15.2 Å². The number of fused-ring (bicyclic) bond motifs is 1. The molecule has 26 heavy (non-hydrogen) atoms. The molecule has 0 aliphatic carbocycles. The van der Waals surface area contributed by atoms with Crippen LogP contribution < -0.4 is 4.90 Å². The molecule has 0 aliphatic heterocycles. The monoisotopic (exact) mass is 353 g/mol. The second-order valence-corrected chi connectivity index (χ2v) is 5.83. The van der Waals surface area contributed by atoms with E-state index in [1.165, 1.54) is 13.2 Å². The van der Waals surface area contributed by atoms with E-state index >= 15 is 0 Å². The smallest absolute Gasteiger partial charge is 0.311 e. The first-order valence-electron chi connectivity index (χ1n) is 7.94. The number of hydrogen-bond acceptors (Lipinski definition) is 7. The van der Waals surface area contributed by atoms with Gasteiger partial charge in [0.05, 0.1) is 24.9 Å². The molecular weight excluding hydrogens is 334 g/mol. The van der Waals surface area contributed by atoms with E-state index < -0.39 is 5.97 Å². The van der Waals surface area contributed by atoms with E-state index in [1.807, 2.05) is 43.3 Å². The highest BCUT2D eigenvalue weighted by Gasteiger charge is 2.17. The van der Waals surface area contributed by atoms with Crippen LogP contribution in [0.3, 0.4) is 0 Å². The normalized spacial score (nSPS) is 11.2. The Morgan fingerprint density at radius 1 is 1.23 bits per heavy atom. The van der Waals surface area contributed by atoms with Crippen molar-refractivity contribution >= 4 is 28.8 Å². The minimum atomic E-state index is -0.445. The summed E-state index contributed by atoms with van der Waals surface area (Å²) >= 11 is 0. The first kappa shape index (κ1) is 17.4. The number of rotatable bonds is 5. The molecule has 134 valence electrons. The molecule has 0 amide bonds. The van der Waals surface area contributed by atoms with Gasteiger partial charge in [0.2, 0.25) is 0 Å². The largest absolute Gasteiger partial charge is 0.504 e. The van der Waals surface area contributed by atoms with E-state index in [0.717, 1.165) is 5.69 Å².